The van der Waals surface area contributed by atoms with Crippen molar-refractivity contribution in [3.05, 3.63) is 35.4 Å². The Morgan fingerprint density at radius 1 is 1.44 bits per heavy atom. The van der Waals surface area contributed by atoms with Crippen LogP contribution in [-0.2, 0) is 4.79 Å². The lowest BCUT2D eigenvalue weighted by atomic mass is 10.0. The monoisotopic (exact) mass is 244 g/mol. The van der Waals surface area contributed by atoms with E-state index >= 15 is 0 Å². The summed E-state index contributed by atoms with van der Waals surface area (Å²) in [5.74, 6) is -0.369. The number of hydrogen-bond donors (Lipinski definition) is 2. The van der Waals surface area contributed by atoms with Crippen molar-refractivity contribution in [2.45, 2.75) is 6.04 Å². The second kappa shape index (κ2) is 5.63. The molecule has 94 valence electrons. The maximum atomic E-state index is 11.7. The van der Waals surface area contributed by atoms with Gasteiger partial charge in [-0.2, -0.15) is 5.26 Å². The lowest BCUT2D eigenvalue weighted by Gasteiger charge is -2.33. The van der Waals surface area contributed by atoms with Crippen molar-refractivity contribution in [2.75, 3.05) is 26.2 Å². The number of nitriles is 1. The van der Waals surface area contributed by atoms with Crippen molar-refractivity contribution >= 4 is 5.91 Å². The third kappa shape index (κ3) is 2.67. The number of nitrogens with two attached hydrogens (primary N) is 1. The van der Waals surface area contributed by atoms with Gasteiger partial charge in [-0.1, -0.05) is 12.1 Å². The Morgan fingerprint density at radius 3 is 2.78 bits per heavy atom. The summed E-state index contributed by atoms with van der Waals surface area (Å²) in [7, 11) is 0. The number of rotatable bonds is 3. The maximum absolute atomic E-state index is 11.7. The molecule has 0 aliphatic carbocycles. The number of hydrogen-bond acceptors (Lipinski definition) is 4. The highest BCUT2D eigenvalue weighted by Gasteiger charge is 2.26. The van der Waals surface area contributed by atoms with Crippen LogP contribution in [0.4, 0.5) is 0 Å². The zero-order chi connectivity index (χ0) is 13.0. The van der Waals surface area contributed by atoms with Crippen LogP contribution in [-0.4, -0.2) is 37.0 Å². The molecule has 1 aliphatic rings. The fourth-order valence-electron chi connectivity index (χ4n) is 2.27. The van der Waals surface area contributed by atoms with Crippen molar-refractivity contribution in [2.24, 2.45) is 5.73 Å². The molecule has 1 aromatic carbocycles. The first kappa shape index (κ1) is 12.6. The van der Waals surface area contributed by atoms with Crippen molar-refractivity contribution in [1.29, 1.82) is 5.26 Å². The van der Waals surface area contributed by atoms with E-state index in [1.54, 1.807) is 18.2 Å². The molecular weight excluding hydrogens is 228 g/mol. The molecule has 3 N–H and O–H groups in total. The van der Waals surface area contributed by atoms with Gasteiger partial charge in [-0.05, 0) is 17.7 Å². The number of carbonyl (C=O) groups excluding carboxylic acids is 1. The van der Waals surface area contributed by atoms with Crippen LogP contribution in [0.2, 0.25) is 0 Å². The molecule has 1 aliphatic heterocycles. The molecule has 1 heterocycles. The Labute approximate surface area is 106 Å². The van der Waals surface area contributed by atoms with Crippen LogP contribution in [0.25, 0.3) is 0 Å². The number of amides is 1. The third-order valence-corrected chi connectivity index (χ3v) is 3.12. The Morgan fingerprint density at radius 2 is 2.17 bits per heavy atom. The highest BCUT2D eigenvalue weighted by atomic mass is 16.1. The maximum Gasteiger partial charge on any atom is 0.239 e. The third-order valence-electron chi connectivity index (χ3n) is 3.12. The van der Waals surface area contributed by atoms with Gasteiger partial charge in [0.05, 0.1) is 11.6 Å². The van der Waals surface area contributed by atoms with Gasteiger partial charge in [0.25, 0.3) is 0 Å². The van der Waals surface area contributed by atoms with Gasteiger partial charge in [0.1, 0.15) is 6.04 Å². The summed E-state index contributed by atoms with van der Waals surface area (Å²) >= 11 is 0. The van der Waals surface area contributed by atoms with E-state index in [1.165, 1.54) is 0 Å². The van der Waals surface area contributed by atoms with Gasteiger partial charge in [0.2, 0.25) is 5.91 Å². The molecule has 0 radical (unpaired) electrons. The van der Waals surface area contributed by atoms with Crippen LogP contribution < -0.4 is 11.1 Å². The molecule has 1 aromatic rings. The molecule has 1 fully saturated rings. The molecule has 1 atom stereocenters. The van der Waals surface area contributed by atoms with Crippen LogP contribution in [0.1, 0.15) is 17.2 Å². The smallest absolute Gasteiger partial charge is 0.239 e. The van der Waals surface area contributed by atoms with E-state index in [1.807, 2.05) is 6.07 Å². The Hall–Kier alpha value is -1.90. The Kier molecular flexibility index (Phi) is 3.92. The summed E-state index contributed by atoms with van der Waals surface area (Å²) in [6.45, 7) is 3.26. The first-order valence-corrected chi connectivity index (χ1v) is 5.96. The lowest BCUT2D eigenvalue weighted by molar-refractivity contribution is -0.123. The van der Waals surface area contributed by atoms with Crippen LogP contribution >= 0.6 is 0 Å². The number of benzene rings is 1. The molecule has 5 nitrogen and oxygen atoms in total. The number of piperazine rings is 1. The van der Waals surface area contributed by atoms with E-state index in [0.29, 0.717) is 5.56 Å². The molecule has 0 bridgehead atoms. The molecule has 0 aromatic heterocycles. The topological polar surface area (TPSA) is 82.1 Å². The van der Waals surface area contributed by atoms with Crippen LogP contribution in [0.5, 0.6) is 0 Å². The molecule has 18 heavy (non-hydrogen) atoms. The van der Waals surface area contributed by atoms with E-state index in [2.05, 4.69) is 16.3 Å². The average molecular weight is 244 g/mol. The minimum absolute atomic E-state index is 0.369. The number of primary amides is 1. The molecule has 0 spiro atoms. The van der Waals surface area contributed by atoms with Crippen LogP contribution in [0.3, 0.4) is 0 Å². The standard InChI is InChI=1S/C13H16N4O/c14-9-10-2-1-3-11(8-10)12(13(15)18)17-6-4-16-5-7-17/h1-3,8,12,16H,4-7H2,(H2,15,18). The van der Waals surface area contributed by atoms with Gasteiger partial charge in [0.15, 0.2) is 0 Å². The van der Waals surface area contributed by atoms with Gasteiger partial charge in [-0.15, -0.1) is 0 Å². The van der Waals surface area contributed by atoms with E-state index in [0.717, 1.165) is 31.7 Å². The zero-order valence-corrected chi connectivity index (χ0v) is 10.1. The molecule has 5 heteroatoms. The lowest BCUT2D eigenvalue weighted by Crippen LogP contribution is -2.48. The number of nitrogens with one attached hydrogen (secondary N) is 1. The summed E-state index contributed by atoms with van der Waals surface area (Å²) in [6, 6.07) is 8.72. The average Bonchev–Trinajstić information content (AvgIpc) is 2.40. The number of carbonyl (C=O) groups is 1. The van der Waals surface area contributed by atoms with E-state index in [4.69, 9.17) is 11.0 Å². The van der Waals surface area contributed by atoms with E-state index in [-0.39, 0.29) is 5.91 Å². The van der Waals surface area contributed by atoms with E-state index < -0.39 is 6.04 Å². The SMILES string of the molecule is N#Cc1cccc(C(C(N)=O)N2CCNCC2)c1. The predicted molar refractivity (Wildman–Crippen MR) is 67.5 cm³/mol. The first-order valence-electron chi connectivity index (χ1n) is 5.96. The molecule has 1 unspecified atom stereocenters. The summed E-state index contributed by atoms with van der Waals surface area (Å²) < 4.78 is 0. The zero-order valence-electron chi connectivity index (χ0n) is 10.1. The second-order valence-electron chi connectivity index (χ2n) is 4.33. The van der Waals surface area contributed by atoms with Crippen LogP contribution in [0.15, 0.2) is 24.3 Å². The van der Waals surface area contributed by atoms with Gasteiger partial charge in [0, 0.05) is 26.2 Å². The summed E-state index contributed by atoms with van der Waals surface area (Å²) in [5.41, 5.74) is 6.85. The highest BCUT2D eigenvalue weighted by molar-refractivity contribution is 5.81. The van der Waals surface area contributed by atoms with Crippen molar-refractivity contribution in [3.63, 3.8) is 0 Å². The Balaban J connectivity index is 2.28. The van der Waals surface area contributed by atoms with Crippen molar-refractivity contribution in [3.8, 4) is 6.07 Å². The molecule has 1 saturated heterocycles. The summed E-state index contributed by atoms with van der Waals surface area (Å²) in [6.07, 6.45) is 0. The fraction of sp³-hybridized carbons (Fsp3) is 0.385. The Bertz CT molecular complexity index is 474. The van der Waals surface area contributed by atoms with Gasteiger partial charge >= 0.3 is 0 Å². The summed E-state index contributed by atoms with van der Waals surface area (Å²) in [5, 5.41) is 12.1. The second-order valence-corrected chi connectivity index (χ2v) is 4.33. The minimum Gasteiger partial charge on any atom is -0.368 e. The van der Waals surface area contributed by atoms with Gasteiger partial charge in [-0.25, -0.2) is 0 Å². The normalized spacial score (nSPS) is 17.9. The first-order chi connectivity index (χ1) is 8.72. The predicted octanol–water partition coefficient (Wildman–Crippen LogP) is -0.0101. The highest BCUT2D eigenvalue weighted by Crippen LogP contribution is 2.21. The fourth-order valence-corrected chi connectivity index (χ4v) is 2.27. The molecular formula is C13H16N4O. The minimum atomic E-state index is -0.444. The molecule has 0 saturated carbocycles. The van der Waals surface area contributed by atoms with Crippen molar-refractivity contribution in [1.82, 2.24) is 10.2 Å². The van der Waals surface area contributed by atoms with Gasteiger partial charge in [-0.3, -0.25) is 9.69 Å². The summed E-state index contributed by atoms with van der Waals surface area (Å²) in [4.78, 5) is 13.7. The molecule has 1 amide bonds. The van der Waals surface area contributed by atoms with E-state index in [9.17, 15) is 4.79 Å². The quantitative estimate of drug-likeness (QED) is 0.783. The van der Waals surface area contributed by atoms with Crippen LogP contribution in [0, 0.1) is 11.3 Å². The van der Waals surface area contributed by atoms with Crippen molar-refractivity contribution < 1.29 is 4.79 Å². The molecule has 2 rings (SSSR count). The largest absolute Gasteiger partial charge is 0.368 e. The van der Waals surface area contributed by atoms with Gasteiger partial charge < -0.3 is 11.1 Å². The number of nitrogens with zero attached hydrogens (tertiary/aromatic N) is 2.